The quantitative estimate of drug-likeness (QED) is 0.355. The van der Waals surface area contributed by atoms with Crippen LogP contribution in [0.4, 0.5) is 5.69 Å². The molecule has 3 N–H and O–H groups in total. The first-order valence-corrected chi connectivity index (χ1v) is 10.7. The molecule has 1 aliphatic carbocycles. The summed E-state index contributed by atoms with van der Waals surface area (Å²) in [6.45, 7) is 0. The van der Waals surface area contributed by atoms with Crippen LogP contribution in [0.15, 0.2) is 47.6 Å². The monoisotopic (exact) mass is 460 g/mol. The van der Waals surface area contributed by atoms with E-state index in [-0.39, 0.29) is 17.6 Å². The first-order valence-electron chi connectivity index (χ1n) is 9.93. The number of hydrazone groups is 1. The maximum Gasteiger partial charge on any atom is 0.329 e. The summed E-state index contributed by atoms with van der Waals surface area (Å²) in [5, 5.41) is 10.0. The SMILES string of the molecule is O=C(NN=Cc1ccc(Cl)cc1Cl)C(=O)Nc1ccccc1C(=O)NC1CCCCC1. The van der Waals surface area contributed by atoms with E-state index in [2.05, 4.69) is 21.2 Å². The number of benzene rings is 2. The van der Waals surface area contributed by atoms with Crippen LogP contribution in [-0.4, -0.2) is 30.0 Å². The number of carbonyl (C=O) groups is 3. The van der Waals surface area contributed by atoms with E-state index in [0.717, 1.165) is 25.7 Å². The van der Waals surface area contributed by atoms with E-state index >= 15 is 0 Å². The molecule has 3 amide bonds. The fourth-order valence-electron chi connectivity index (χ4n) is 3.30. The number of nitrogens with one attached hydrogen (secondary N) is 3. The Hall–Kier alpha value is -2.90. The van der Waals surface area contributed by atoms with Gasteiger partial charge in [0, 0.05) is 16.6 Å². The smallest absolute Gasteiger partial charge is 0.329 e. The minimum Gasteiger partial charge on any atom is -0.349 e. The number of halogens is 2. The second-order valence-corrected chi connectivity index (χ2v) is 8.02. The minimum atomic E-state index is -0.983. The summed E-state index contributed by atoms with van der Waals surface area (Å²) >= 11 is 11.9. The van der Waals surface area contributed by atoms with Crippen molar-refractivity contribution in [2.75, 3.05) is 5.32 Å². The molecule has 3 rings (SSSR count). The molecule has 9 heteroatoms. The van der Waals surface area contributed by atoms with Crippen molar-refractivity contribution in [2.24, 2.45) is 5.10 Å². The van der Waals surface area contributed by atoms with Gasteiger partial charge in [-0.15, -0.1) is 0 Å². The van der Waals surface area contributed by atoms with Gasteiger partial charge >= 0.3 is 11.8 Å². The van der Waals surface area contributed by atoms with Gasteiger partial charge in [0.1, 0.15) is 0 Å². The highest BCUT2D eigenvalue weighted by atomic mass is 35.5. The summed E-state index contributed by atoms with van der Waals surface area (Å²) in [5.41, 5.74) is 3.21. The Bertz CT molecular complexity index is 1000. The average molecular weight is 461 g/mol. The van der Waals surface area contributed by atoms with E-state index < -0.39 is 11.8 Å². The van der Waals surface area contributed by atoms with Gasteiger partial charge in [0.2, 0.25) is 0 Å². The van der Waals surface area contributed by atoms with E-state index in [4.69, 9.17) is 23.2 Å². The lowest BCUT2D eigenvalue weighted by atomic mass is 9.95. The lowest BCUT2D eigenvalue weighted by Gasteiger charge is -2.23. The average Bonchev–Trinajstić information content (AvgIpc) is 2.76. The summed E-state index contributed by atoms with van der Waals surface area (Å²) < 4.78 is 0. The van der Waals surface area contributed by atoms with E-state index in [1.807, 2.05) is 0 Å². The Morgan fingerprint density at radius 2 is 1.71 bits per heavy atom. The van der Waals surface area contributed by atoms with Gasteiger partial charge < -0.3 is 10.6 Å². The largest absolute Gasteiger partial charge is 0.349 e. The van der Waals surface area contributed by atoms with Gasteiger partial charge in [0.25, 0.3) is 5.91 Å². The molecule has 1 saturated carbocycles. The van der Waals surface area contributed by atoms with Crippen molar-refractivity contribution in [2.45, 2.75) is 38.1 Å². The highest BCUT2D eigenvalue weighted by Gasteiger charge is 2.20. The predicted octanol–water partition coefficient (Wildman–Crippen LogP) is 4.14. The van der Waals surface area contributed by atoms with Crippen LogP contribution in [0, 0.1) is 0 Å². The van der Waals surface area contributed by atoms with Crippen LogP contribution in [-0.2, 0) is 9.59 Å². The Kier molecular flexibility index (Phi) is 8.03. The van der Waals surface area contributed by atoms with Gasteiger partial charge in [-0.1, -0.05) is 60.7 Å². The number of amides is 3. The lowest BCUT2D eigenvalue weighted by molar-refractivity contribution is -0.136. The Labute approximate surface area is 190 Å². The van der Waals surface area contributed by atoms with E-state index in [1.165, 1.54) is 18.7 Å². The molecule has 2 aromatic carbocycles. The molecule has 0 aromatic heterocycles. The third-order valence-corrected chi connectivity index (χ3v) is 5.46. The van der Waals surface area contributed by atoms with Crippen LogP contribution in [0.3, 0.4) is 0 Å². The third kappa shape index (κ3) is 6.54. The maximum absolute atomic E-state index is 12.7. The van der Waals surface area contributed by atoms with Crippen molar-refractivity contribution in [3.05, 3.63) is 63.6 Å². The summed E-state index contributed by atoms with van der Waals surface area (Å²) in [5.74, 6) is -2.21. The molecule has 0 heterocycles. The van der Waals surface area contributed by atoms with Gasteiger partial charge in [-0.2, -0.15) is 5.10 Å². The highest BCUT2D eigenvalue weighted by molar-refractivity contribution is 6.40. The van der Waals surface area contributed by atoms with Crippen molar-refractivity contribution in [3.63, 3.8) is 0 Å². The van der Waals surface area contributed by atoms with Gasteiger partial charge in [0.05, 0.1) is 22.5 Å². The van der Waals surface area contributed by atoms with Crippen molar-refractivity contribution >= 4 is 52.8 Å². The summed E-state index contributed by atoms with van der Waals surface area (Å²) in [6.07, 6.45) is 6.55. The van der Waals surface area contributed by atoms with Crippen molar-refractivity contribution < 1.29 is 14.4 Å². The number of hydrogen-bond acceptors (Lipinski definition) is 4. The topological polar surface area (TPSA) is 99.7 Å². The van der Waals surface area contributed by atoms with Crippen LogP contribution in [0.2, 0.25) is 10.0 Å². The van der Waals surface area contributed by atoms with E-state index in [0.29, 0.717) is 21.2 Å². The van der Waals surface area contributed by atoms with E-state index in [1.54, 1.807) is 36.4 Å². The molecule has 0 spiro atoms. The molecular weight excluding hydrogens is 439 g/mol. The fraction of sp³-hybridized carbons (Fsp3) is 0.273. The van der Waals surface area contributed by atoms with Crippen molar-refractivity contribution in [3.8, 4) is 0 Å². The molecule has 0 atom stereocenters. The molecule has 31 heavy (non-hydrogen) atoms. The number of para-hydroxylation sites is 1. The molecule has 2 aromatic rings. The zero-order chi connectivity index (χ0) is 22.2. The normalized spacial score (nSPS) is 14.3. The number of hydrogen-bond donors (Lipinski definition) is 3. The van der Waals surface area contributed by atoms with E-state index in [9.17, 15) is 14.4 Å². The lowest BCUT2D eigenvalue weighted by Crippen LogP contribution is -2.37. The summed E-state index contributed by atoms with van der Waals surface area (Å²) in [6, 6.07) is 11.5. The summed E-state index contributed by atoms with van der Waals surface area (Å²) in [4.78, 5) is 37.0. The fourth-order valence-corrected chi connectivity index (χ4v) is 3.75. The predicted molar refractivity (Wildman–Crippen MR) is 122 cm³/mol. The number of rotatable bonds is 5. The molecule has 1 aliphatic rings. The van der Waals surface area contributed by atoms with Crippen molar-refractivity contribution in [1.29, 1.82) is 0 Å². The van der Waals surface area contributed by atoms with Crippen LogP contribution >= 0.6 is 23.2 Å². The van der Waals surface area contributed by atoms with Crippen LogP contribution in [0.1, 0.15) is 48.0 Å². The van der Waals surface area contributed by atoms with Gasteiger partial charge in [-0.25, -0.2) is 5.43 Å². The Balaban J connectivity index is 1.60. The zero-order valence-corrected chi connectivity index (χ0v) is 18.2. The first-order chi connectivity index (χ1) is 14.9. The summed E-state index contributed by atoms with van der Waals surface area (Å²) in [7, 11) is 0. The van der Waals surface area contributed by atoms with Crippen LogP contribution in [0.25, 0.3) is 0 Å². The van der Waals surface area contributed by atoms with Gasteiger partial charge in [-0.3, -0.25) is 14.4 Å². The van der Waals surface area contributed by atoms with Crippen LogP contribution in [0.5, 0.6) is 0 Å². The van der Waals surface area contributed by atoms with Gasteiger partial charge in [0.15, 0.2) is 0 Å². The molecule has 0 radical (unpaired) electrons. The Morgan fingerprint density at radius 3 is 2.45 bits per heavy atom. The molecule has 162 valence electrons. The standard InChI is InChI=1S/C22H22Cl2N4O3/c23-15-11-10-14(18(24)12-15)13-25-28-22(31)21(30)27-19-9-5-4-8-17(19)20(29)26-16-6-2-1-3-7-16/h4-5,8-13,16H,1-3,6-7H2,(H,26,29)(H,27,30)(H,28,31). The first kappa shape index (κ1) is 22.8. The van der Waals surface area contributed by atoms with Gasteiger partial charge in [-0.05, 0) is 37.1 Å². The molecule has 1 fully saturated rings. The highest BCUT2D eigenvalue weighted by Crippen LogP contribution is 2.21. The number of anilines is 1. The molecule has 0 saturated heterocycles. The minimum absolute atomic E-state index is 0.127. The number of nitrogens with zero attached hydrogens (tertiary/aromatic N) is 1. The second-order valence-electron chi connectivity index (χ2n) is 7.17. The third-order valence-electron chi connectivity index (χ3n) is 4.90. The number of carbonyl (C=O) groups excluding carboxylic acids is 3. The second kappa shape index (κ2) is 10.9. The van der Waals surface area contributed by atoms with Crippen LogP contribution < -0.4 is 16.1 Å². The molecule has 0 aliphatic heterocycles. The van der Waals surface area contributed by atoms with Crippen molar-refractivity contribution in [1.82, 2.24) is 10.7 Å². The Morgan fingerprint density at radius 1 is 0.968 bits per heavy atom. The molecule has 0 bridgehead atoms. The molecule has 7 nitrogen and oxygen atoms in total. The molecular formula is C22H22Cl2N4O3. The maximum atomic E-state index is 12.7. The zero-order valence-electron chi connectivity index (χ0n) is 16.7. The molecule has 0 unspecified atom stereocenters.